The lowest BCUT2D eigenvalue weighted by Gasteiger charge is -2.08. The minimum atomic E-state index is 0.207. The van der Waals surface area contributed by atoms with Crippen molar-refractivity contribution in [1.29, 1.82) is 0 Å². The second-order valence-corrected chi connectivity index (χ2v) is 4.48. The Hall–Kier alpha value is -0.290. The molecule has 0 unspecified atom stereocenters. The third-order valence-electron chi connectivity index (χ3n) is 2.54. The zero-order chi connectivity index (χ0) is 9.42. The van der Waals surface area contributed by atoms with Crippen molar-refractivity contribution in [2.24, 2.45) is 5.73 Å². The van der Waals surface area contributed by atoms with Gasteiger partial charge in [-0.2, -0.15) is 0 Å². The van der Waals surface area contributed by atoms with Gasteiger partial charge in [0.1, 0.15) is 5.75 Å². The molecule has 0 heterocycles. The Labute approximate surface area is 91.6 Å². The maximum Gasteiger partial charge on any atom is 0.120 e. The number of hydrogen-bond acceptors (Lipinski definition) is 2. The number of ether oxygens (including phenoxy) is 1. The molecule has 0 saturated carbocycles. The number of hydrogen-bond donors (Lipinski definition) is 1. The second kappa shape index (κ2) is 3.46. The Morgan fingerprint density at radius 3 is 3.00 bits per heavy atom. The molecule has 0 spiro atoms. The van der Waals surface area contributed by atoms with E-state index in [1.165, 1.54) is 14.7 Å². The summed E-state index contributed by atoms with van der Waals surface area (Å²) >= 11 is 2.35. The van der Waals surface area contributed by atoms with Gasteiger partial charge < -0.3 is 10.5 Å². The van der Waals surface area contributed by atoms with Gasteiger partial charge in [-0.1, -0.05) is 0 Å². The number of methoxy groups -OCH3 is 1. The summed E-state index contributed by atoms with van der Waals surface area (Å²) in [5, 5.41) is 0. The lowest BCUT2D eigenvalue weighted by molar-refractivity contribution is 0.413. The first-order valence-corrected chi connectivity index (χ1v) is 5.42. The molecular formula is C10H12INO. The van der Waals surface area contributed by atoms with Gasteiger partial charge in [-0.25, -0.2) is 0 Å². The van der Waals surface area contributed by atoms with Gasteiger partial charge in [-0.15, -0.1) is 0 Å². The molecule has 0 aromatic heterocycles. The lowest BCUT2D eigenvalue weighted by Crippen LogP contribution is -2.05. The van der Waals surface area contributed by atoms with Crippen LogP contribution in [0.5, 0.6) is 5.75 Å². The van der Waals surface area contributed by atoms with Crippen molar-refractivity contribution < 1.29 is 4.74 Å². The summed E-state index contributed by atoms with van der Waals surface area (Å²) < 4.78 is 6.49. The maximum atomic E-state index is 5.98. The Balaban J connectivity index is 2.53. The highest BCUT2D eigenvalue weighted by molar-refractivity contribution is 14.1. The predicted molar refractivity (Wildman–Crippen MR) is 61.0 cm³/mol. The van der Waals surface area contributed by atoms with E-state index in [1.54, 1.807) is 7.11 Å². The van der Waals surface area contributed by atoms with Crippen LogP contribution >= 0.6 is 22.6 Å². The van der Waals surface area contributed by atoms with Gasteiger partial charge in [-0.3, -0.25) is 0 Å². The maximum absolute atomic E-state index is 5.98. The molecule has 1 aliphatic rings. The molecule has 70 valence electrons. The van der Waals surface area contributed by atoms with E-state index in [2.05, 4.69) is 34.7 Å². The molecule has 1 aromatic carbocycles. The Morgan fingerprint density at radius 2 is 2.31 bits per heavy atom. The Bertz CT molecular complexity index is 338. The van der Waals surface area contributed by atoms with Crippen LogP contribution in [0.3, 0.4) is 0 Å². The van der Waals surface area contributed by atoms with E-state index >= 15 is 0 Å². The molecule has 0 radical (unpaired) electrons. The molecule has 0 amide bonds. The molecule has 0 aliphatic heterocycles. The molecule has 1 atom stereocenters. The van der Waals surface area contributed by atoms with Crippen LogP contribution in [0.15, 0.2) is 12.1 Å². The molecule has 0 saturated heterocycles. The molecular weight excluding hydrogens is 277 g/mol. The SMILES string of the molecule is COc1cc(I)c2c(c1)[C@@H](N)CC2. The standard InChI is InChI=1S/C10H12INO/c1-13-6-4-8-7(9(11)5-6)2-3-10(8)12/h4-5,10H,2-3,12H2,1H3/t10-/m0/s1. The second-order valence-electron chi connectivity index (χ2n) is 3.32. The summed E-state index contributed by atoms with van der Waals surface area (Å²) in [4.78, 5) is 0. The highest BCUT2D eigenvalue weighted by Gasteiger charge is 2.21. The Kier molecular flexibility index (Phi) is 2.47. The van der Waals surface area contributed by atoms with Crippen LogP contribution in [0.25, 0.3) is 0 Å². The molecule has 0 fully saturated rings. The van der Waals surface area contributed by atoms with E-state index in [0.29, 0.717) is 0 Å². The predicted octanol–water partition coefficient (Wildman–Crippen LogP) is 2.25. The van der Waals surface area contributed by atoms with Crippen LogP contribution < -0.4 is 10.5 Å². The average molecular weight is 289 g/mol. The van der Waals surface area contributed by atoms with E-state index in [0.717, 1.165) is 18.6 Å². The molecule has 1 aliphatic carbocycles. The van der Waals surface area contributed by atoms with E-state index in [1.807, 2.05) is 0 Å². The summed E-state index contributed by atoms with van der Waals surface area (Å²) in [5.41, 5.74) is 8.66. The first-order valence-electron chi connectivity index (χ1n) is 4.34. The topological polar surface area (TPSA) is 35.2 Å². The van der Waals surface area contributed by atoms with Crippen molar-refractivity contribution in [3.8, 4) is 5.75 Å². The van der Waals surface area contributed by atoms with Crippen LogP contribution in [0, 0.1) is 3.57 Å². The van der Waals surface area contributed by atoms with Crippen molar-refractivity contribution in [3.05, 3.63) is 26.8 Å². The zero-order valence-corrected chi connectivity index (χ0v) is 9.67. The number of rotatable bonds is 1. The van der Waals surface area contributed by atoms with E-state index in [-0.39, 0.29) is 6.04 Å². The normalized spacial score (nSPS) is 20.1. The van der Waals surface area contributed by atoms with Crippen molar-refractivity contribution in [2.45, 2.75) is 18.9 Å². The third kappa shape index (κ3) is 1.55. The molecule has 3 heteroatoms. The molecule has 2 N–H and O–H groups in total. The van der Waals surface area contributed by atoms with Crippen molar-refractivity contribution in [2.75, 3.05) is 7.11 Å². The van der Waals surface area contributed by atoms with E-state index < -0.39 is 0 Å². The highest BCUT2D eigenvalue weighted by Crippen LogP contribution is 2.35. The first kappa shape index (κ1) is 9.27. The summed E-state index contributed by atoms with van der Waals surface area (Å²) in [5.74, 6) is 0.917. The van der Waals surface area contributed by atoms with E-state index in [9.17, 15) is 0 Å². The van der Waals surface area contributed by atoms with Crippen molar-refractivity contribution in [1.82, 2.24) is 0 Å². The van der Waals surface area contributed by atoms with Gasteiger partial charge >= 0.3 is 0 Å². The molecule has 2 nitrogen and oxygen atoms in total. The number of nitrogens with two attached hydrogens (primary N) is 1. The van der Waals surface area contributed by atoms with Gasteiger partial charge in [0.05, 0.1) is 7.11 Å². The lowest BCUT2D eigenvalue weighted by atomic mass is 10.1. The monoisotopic (exact) mass is 289 g/mol. The van der Waals surface area contributed by atoms with Gasteiger partial charge in [0.15, 0.2) is 0 Å². The summed E-state index contributed by atoms with van der Waals surface area (Å²) in [7, 11) is 1.69. The fraction of sp³-hybridized carbons (Fsp3) is 0.400. The number of benzene rings is 1. The van der Waals surface area contributed by atoms with Crippen LogP contribution in [0.1, 0.15) is 23.6 Å². The van der Waals surface area contributed by atoms with E-state index in [4.69, 9.17) is 10.5 Å². The first-order chi connectivity index (χ1) is 6.22. The molecule has 2 rings (SSSR count). The number of halogens is 1. The fourth-order valence-electron chi connectivity index (χ4n) is 1.80. The van der Waals surface area contributed by atoms with Crippen LogP contribution in [0.4, 0.5) is 0 Å². The summed E-state index contributed by atoms with van der Waals surface area (Å²) in [6.07, 6.45) is 2.18. The van der Waals surface area contributed by atoms with Crippen molar-refractivity contribution >= 4 is 22.6 Å². The minimum Gasteiger partial charge on any atom is -0.497 e. The van der Waals surface area contributed by atoms with Crippen LogP contribution in [0.2, 0.25) is 0 Å². The molecule has 1 aromatic rings. The van der Waals surface area contributed by atoms with Crippen LogP contribution in [-0.2, 0) is 6.42 Å². The third-order valence-corrected chi connectivity index (χ3v) is 3.51. The van der Waals surface area contributed by atoms with Gasteiger partial charge in [-0.05, 0) is 58.7 Å². The Morgan fingerprint density at radius 1 is 1.54 bits per heavy atom. The fourth-order valence-corrected chi connectivity index (χ4v) is 2.69. The largest absolute Gasteiger partial charge is 0.497 e. The quantitative estimate of drug-likeness (QED) is 0.805. The highest BCUT2D eigenvalue weighted by atomic mass is 127. The summed E-state index contributed by atoms with van der Waals surface area (Å²) in [6.45, 7) is 0. The van der Waals surface area contributed by atoms with Gasteiger partial charge in [0, 0.05) is 9.61 Å². The molecule has 13 heavy (non-hydrogen) atoms. The van der Waals surface area contributed by atoms with Gasteiger partial charge in [0.2, 0.25) is 0 Å². The average Bonchev–Trinajstić information content (AvgIpc) is 2.48. The number of fused-ring (bicyclic) bond motifs is 1. The van der Waals surface area contributed by atoms with Crippen molar-refractivity contribution in [3.63, 3.8) is 0 Å². The smallest absolute Gasteiger partial charge is 0.120 e. The minimum absolute atomic E-state index is 0.207. The van der Waals surface area contributed by atoms with Gasteiger partial charge in [0.25, 0.3) is 0 Å². The molecule has 0 bridgehead atoms. The summed E-state index contributed by atoms with van der Waals surface area (Å²) in [6, 6.07) is 4.34. The van der Waals surface area contributed by atoms with Crippen LogP contribution in [-0.4, -0.2) is 7.11 Å². The zero-order valence-electron chi connectivity index (χ0n) is 7.51.